The standard InChI is InChI=1S/C9H18N4O2/c1-4-14-6-8-11-9(12-15-8)7(10)5-13(2)3/h7H,4-6,10H2,1-3H3. The minimum Gasteiger partial charge on any atom is -0.372 e. The van der Waals surface area contributed by atoms with Crippen LogP contribution in [-0.4, -0.2) is 42.3 Å². The molecule has 0 saturated heterocycles. The van der Waals surface area contributed by atoms with Crippen LogP contribution in [0.2, 0.25) is 0 Å². The molecule has 0 aliphatic rings. The lowest BCUT2D eigenvalue weighted by Crippen LogP contribution is -2.26. The Hall–Kier alpha value is -0.980. The predicted molar refractivity (Wildman–Crippen MR) is 55.1 cm³/mol. The van der Waals surface area contributed by atoms with Crippen LogP contribution in [0, 0.1) is 0 Å². The van der Waals surface area contributed by atoms with Crippen molar-refractivity contribution in [3.05, 3.63) is 11.7 Å². The fourth-order valence-corrected chi connectivity index (χ4v) is 1.14. The molecular formula is C9H18N4O2. The number of likely N-dealkylation sites (N-methyl/N-ethyl adjacent to an activating group) is 1. The first-order valence-electron chi connectivity index (χ1n) is 4.94. The van der Waals surface area contributed by atoms with Crippen molar-refractivity contribution in [1.82, 2.24) is 15.0 Å². The lowest BCUT2D eigenvalue weighted by molar-refractivity contribution is 0.109. The van der Waals surface area contributed by atoms with Gasteiger partial charge < -0.3 is 19.9 Å². The summed E-state index contributed by atoms with van der Waals surface area (Å²) in [6.07, 6.45) is 0. The van der Waals surface area contributed by atoms with Gasteiger partial charge in [-0.05, 0) is 21.0 Å². The fraction of sp³-hybridized carbons (Fsp3) is 0.778. The molecule has 1 atom stereocenters. The second-order valence-electron chi connectivity index (χ2n) is 3.55. The van der Waals surface area contributed by atoms with Crippen LogP contribution in [-0.2, 0) is 11.3 Å². The van der Waals surface area contributed by atoms with Crippen molar-refractivity contribution < 1.29 is 9.26 Å². The molecule has 0 aromatic carbocycles. The van der Waals surface area contributed by atoms with Gasteiger partial charge in [0, 0.05) is 13.2 Å². The maximum absolute atomic E-state index is 5.87. The Balaban J connectivity index is 2.51. The molecule has 86 valence electrons. The zero-order chi connectivity index (χ0) is 11.3. The number of aromatic nitrogens is 2. The van der Waals surface area contributed by atoms with E-state index in [1.54, 1.807) is 0 Å². The van der Waals surface area contributed by atoms with Crippen molar-refractivity contribution in [2.45, 2.75) is 19.6 Å². The van der Waals surface area contributed by atoms with Crippen LogP contribution >= 0.6 is 0 Å². The molecule has 0 saturated carbocycles. The molecule has 1 aromatic heterocycles. The average Bonchev–Trinajstić information content (AvgIpc) is 2.62. The Labute approximate surface area is 89.4 Å². The second kappa shape index (κ2) is 5.79. The minimum absolute atomic E-state index is 0.223. The van der Waals surface area contributed by atoms with Crippen molar-refractivity contribution >= 4 is 0 Å². The summed E-state index contributed by atoms with van der Waals surface area (Å²) in [4.78, 5) is 6.12. The first kappa shape index (κ1) is 12.1. The predicted octanol–water partition coefficient (Wildman–Crippen LogP) is 0.168. The van der Waals surface area contributed by atoms with Gasteiger partial charge in [0.15, 0.2) is 5.82 Å². The van der Waals surface area contributed by atoms with Crippen LogP contribution in [0.4, 0.5) is 0 Å². The molecule has 0 aliphatic carbocycles. The molecule has 1 heterocycles. The molecule has 1 aromatic rings. The van der Waals surface area contributed by atoms with Gasteiger partial charge in [0.25, 0.3) is 5.89 Å². The number of hydrogen-bond acceptors (Lipinski definition) is 6. The van der Waals surface area contributed by atoms with E-state index in [0.29, 0.717) is 31.5 Å². The third kappa shape index (κ3) is 3.94. The molecular weight excluding hydrogens is 196 g/mol. The van der Waals surface area contributed by atoms with Crippen molar-refractivity contribution in [3.63, 3.8) is 0 Å². The topological polar surface area (TPSA) is 77.4 Å². The third-order valence-electron chi connectivity index (χ3n) is 1.81. The summed E-state index contributed by atoms with van der Waals surface area (Å²) < 4.78 is 10.1. The quantitative estimate of drug-likeness (QED) is 0.727. The van der Waals surface area contributed by atoms with Crippen LogP contribution in [0.1, 0.15) is 24.7 Å². The summed E-state index contributed by atoms with van der Waals surface area (Å²) in [7, 11) is 3.89. The maximum atomic E-state index is 5.87. The van der Waals surface area contributed by atoms with E-state index in [9.17, 15) is 0 Å². The van der Waals surface area contributed by atoms with Crippen molar-refractivity contribution in [3.8, 4) is 0 Å². The second-order valence-corrected chi connectivity index (χ2v) is 3.55. The van der Waals surface area contributed by atoms with Crippen LogP contribution in [0.25, 0.3) is 0 Å². The largest absolute Gasteiger partial charge is 0.372 e. The van der Waals surface area contributed by atoms with E-state index in [2.05, 4.69) is 10.1 Å². The zero-order valence-electron chi connectivity index (χ0n) is 9.43. The highest BCUT2D eigenvalue weighted by atomic mass is 16.5. The molecule has 0 bridgehead atoms. The Bertz CT molecular complexity index is 287. The SMILES string of the molecule is CCOCc1nc(C(N)CN(C)C)no1. The lowest BCUT2D eigenvalue weighted by atomic mass is 10.3. The highest BCUT2D eigenvalue weighted by Gasteiger charge is 2.14. The van der Waals surface area contributed by atoms with Crippen LogP contribution in [0.15, 0.2) is 4.52 Å². The highest BCUT2D eigenvalue weighted by molar-refractivity contribution is 4.93. The summed E-state index contributed by atoms with van der Waals surface area (Å²) in [5.41, 5.74) is 5.87. The normalized spacial score (nSPS) is 13.4. The van der Waals surface area contributed by atoms with Gasteiger partial charge in [0.05, 0.1) is 6.04 Å². The lowest BCUT2D eigenvalue weighted by Gasteiger charge is -2.12. The third-order valence-corrected chi connectivity index (χ3v) is 1.81. The number of nitrogens with zero attached hydrogens (tertiary/aromatic N) is 3. The number of rotatable bonds is 6. The van der Waals surface area contributed by atoms with Gasteiger partial charge in [0.2, 0.25) is 0 Å². The summed E-state index contributed by atoms with van der Waals surface area (Å²) in [5, 5.41) is 3.80. The van der Waals surface area contributed by atoms with E-state index >= 15 is 0 Å². The van der Waals surface area contributed by atoms with Gasteiger partial charge in [-0.1, -0.05) is 5.16 Å². The van der Waals surface area contributed by atoms with Crippen LogP contribution in [0.5, 0.6) is 0 Å². The first-order valence-corrected chi connectivity index (χ1v) is 4.94. The molecule has 0 fully saturated rings. The smallest absolute Gasteiger partial charge is 0.252 e. The van der Waals surface area contributed by atoms with E-state index in [0.717, 1.165) is 0 Å². The van der Waals surface area contributed by atoms with Crippen molar-refractivity contribution in [2.75, 3.05) is 27.2 Å². The number of nitrogens with two attached hydrogens (primary N) is 1. The number of hydrogen-bond donors (Lipinski definition) is 1. The van der Waals surface area contributed by atoms with Crippen LogP contribution in [0.3, 0.4) is 0 Å². The van der Waals surface area contributed by atoms with Gasteiger partial charge in [-0.25, -0.2) is 0 Å². The molecule has 0 spiro atoms. The van der Waals surface area contributed by atoms with Gasteiger partial charge in [-0.15, -0.1) is 0 Å². The molecule has 15 heavy (non-hydrogen) atoms. The molecule has 6 heteroatoms. The molecule has 2 N–H and O–H groups in total. The minimum atomic E-state index is -0.223. The van der Waals surface area contributed by atoms with Crippen molar-refractivity contribution in [1.29, 1.82) is 0 Å². The Morgan fingerprint density at radius 2 is 2.27 bits per heavy atom. The molecule has 6 nitrogen and oxygen atoms in total. The van der Waals surface area contributed by atoms with E-state index in [1.807, 2.05) is 25.9 Å². The highest BCUT2D eigenvalue weighted by Crippen LogP contribution is 2.07. The molecule has 0 radical (unpaired) electrons. The van der Waals surface area contributed by atoms with Crippen molar-refractivity contribution in [2.24, 2.45) is 5.73 Å². The van der Waals surface area contributed by atoms with Gasteiger partial charge in [0.1, 0.15) is 6.61 Å². The van der Waals surface area contributed by atoms with Gasteiger partial charge in [-0.2, -0.15) is 4.98 Å². The fourth-order valence-electron chi connectivity index (χ4n) is 1.14. The maximum Gasteiger partial charge on any atom is 0.252 e. The molecule has 1 unspecified atom stereocenters. The summed E-state index contributed by atoms with van der Waals surface area (Å²) in [6, 6.07) is -0.223. The van der Waals surface area contributed by atoms with Gasteiger partial charge >= 0.3 is 0 Å². The van der Waals surface area contributed by atoms with Gasteiger partial charge in [-0.3, -0.25) is 0 Å². The molecule has 1 rings (SSSR count). The monoisotopic (exact) mass is 214 g/mol. The Morgan fingerprint density at radius 1 is 1.53 bits per heavy atom. The van der Waals surface area contributed by atoms with E-state index in [4.69, 9.17) is 15.0 Å². The zero-order valence-corrected chi connectivity index (χ0v) is 9.43. The molecule has 0 amide bonds. The van der Waals surface area contributed by atoms with E-state index in [-0.39, 0.29) is 6.04 Å². The Kier molecular flexibility index (Phi) is 4.67. The average molecular weight is 214 g/mol. The summed E-state index contributed by atoms with van der Waals surface area (Å²) in [6.45, 7) is 3.57. The van der Waals surface area contributed by atoms with E-state index < -0.39 is 0 Å². The number of ether oxygens (including phenoxy) is 1. The summed E-state index contributed by atoms with van der Waals surface area (Å²) >= 11 is 0. The van der Waals surface area contributed by atoms with Crippen LogP contribution < -0.4 is 5.73 Å². The Morgan fingerprint density at radius 3 is 2.87 bits per heavy atom. The van der Waals surface area contributed by atoms with E-state index in [1.165, 1.54) is 0 Å². The molecule has 0 aliphatic heterocycles. The summed E-state index contributed by atoms with van der Waals surface area (Å²) in [5.74, 6) is 0.999. The first-order chi connectivity index (χ1) is 7.13.